The Bertz CT molecular complexity index is 1020. The first kappa shape index (κ1) is 18.0. The summed E-state index contributed by atoms with van der Waals surface area (Å²) < 4.78 is 0. The van der Waals surface area contributed by atoms with E-state index in [0.717, 1.165) is 22.6 Å². The quantitative estimate of drug-likeness (QED) is 0.763. The van der Waals surface area contributed by atoms with Gasteiger partial charge in [0.15, 0.2) is 5.82 Å². The van der Waals surface area contributed by atoms with Gasteiger partial charge >= 0.3 is 0 Å². The van der Waals surface area contributed by atoms with Crippen LogP contribution in [0.25, 0.3) is 11.4 Å². The number of aromatic hydroxyl groups is 1. The maximum Gasteiger partial charge on any atom is 0.257 e. The summed E-state index contributed by atoms with van der Waals surface area (Å²) >= 11 is 0. The summed E-state index contributed by atoms with van der Waals surface area (Å²) in [7, 11) is 3.94. The van der Waals surface area contributed by atoms with Crippen molar-refractivity contribution in [1.29, 1.82) is 0 Å². The van der Waals surface area contributed by atoms with E-state index in [-0.39, 0.29) is 11.7 Å². The van der Waals surface area contributed by atoms with Crippen LogP contribution in [0.2, 0.25) is 0 Å². The number of benzene rings is 2. The van der Waals surface area contributed by atoms with Crippen LogP contribution >= 0.6 is 0 Å². The molecule has 0 saturated heterocycles. The predicted octanol–water partition coefficient (Wildman–Crippen LogP) is 3.11. The number of fused-ring (bicyclic) bond motifs is 1. The zero-order valence-electron chi connectivity index (χ0n) is 16.0. The Labute approximate surface area is 164 Å². The van der Waals surface area contributed by atoms with Gasteiger partial charge in [0, 0.05) is 31.8 Å². The first-order chi connectivity index (χ1) is 13.5. The van der Waals surface area contributed by atoms with Gasteiger partial charge in [0.25, 0.3) is 5.91 Å². The molecule has 0 fully saturated rings. The molecule has 1 aliphatic rings. The molecule has 6 nitrogen and oxygen atoms in total. The molecule has 0 radical (unpaired) electrons. The molecule has 1 amide bonds. The van der Waals surface area contributed by atoms with Crippen LogP contribution in [-0.2, 0) is 13.0 Å². The van der Waals surface area contributed by atoms with Gasteiger partial charge in [0.05, 0.1) is 17.8 Å². The van der Waals surface area contributed by atoms with E-state index in [1.807, 2.05) is 49.3 Å². The number of aromatic nitrogens is 2. The molecule has 0 aliphatic carbocycles. The lowest BCUT2D eigenvalue weighted by Crippen LogP contribution is -2.37. The van der Waals surface area contributed by atoms with Crippen molar-refractivity contribution in [2.24, 2.45) is 0 Å². The van der Waals surface area contributed by atoms with Crippen LogP contribution in [0.5, 0.6) is 5.75 Å². The molecule has 6 heteroatoms. The molecular formula is C22H22N4O2. The number of phenols is 1. The Kier molecular flexibility index (Phi) is 4.69. The number of para-hydroxylation sites is 1. The Morgan fingerprint density at radius 3 is 2.46 bits per heavy atom. The third-order valence-electron chi connectivity index (χ3n) is 4.92. The summed E-state index contributed by atoms with van der Waals surface area (Å²) in [5.74, 6) is 1.35. The molecular weight excluding hydrogens is 352 g/mol. The number of carbonyl (C=O) groups is 1. The molecule has 2 heterocycles. The van der Waals surface area contributed by atoms with Gasteiger partial charge in [-0.25, -0.2) is 9.97 Å². The Morgan fingerprint density at radius 1 is 1.04 bits per heavy atom. The molecule has 0 atom stereocenters. The summed E-state index contributed by atoms with van der Waals surface area (Å²) in [5, 5.41) is 10.0. The van der Waals surface area contributed by atoms with Crippen molar-refractivity contribution in [3.8, 4) is 17.1 Å². The fourth-order valence-electron chi connectivity index (χ4n) is 3.50. The molecule has 1 aliphatic heterocycles. The van der Waals surface area contributed by atoms with Crippen molar-refractivity contribution in [2.45, 2.75) is 13.0 Å². The molecule has 0 bridgehead atoms. The number of hydrogen-bond acceptors (Lipinski definition) is 5. The van der Waals surface area contributed by atoms with Crippen molar-refractivity contribution < 1.29 is 9.90 Å². The van der Waals surface area contributed by atoms with Crippen molar-refractivity contribution in [2.75, 3.05) is 25.5 Å². The number of anilines is 1. The average molecular weight is 374 g/mol. The SMILES string of the molecule is CN(C)c1nc(-c2ccccc2)nc2c1CCN(C(=O)c1ccccc1O)C2. The first-order valence-corrected chi connectivity index (χ1v) is 9.24. The van der Waals surface area contributed by atoms with Crippen molar-refractivity contribution >= 4 is 11.7 Å². The van der Waals surface area contributed by atoms with E-state index in [1.54, 1.807) is 23.1 Å². The summed E-state index contributed by atoms with van der Waals surface area (Å²) in [6.45, 7) is 0.959. The van der Waals surface area contributed by atoms with E-state index in [0.29, 0.717) is 30.9 Å². The monoisotopic (exact) mass is 374 g/mol. The summed E-state index contributed by atoms with van der Waals surface area (Å²) in [6.07, 6.45) is 0.678. The number of carbonyl (C=O) groups excluding carboxylic acids is 1. The number of amides is 1. The lowest BCUT2D eigenvalue weighted by atomic mass is 10.0. The average Bonchev–Trinajstić information content (AvgIpc) is 2.73. The van der Waals surface area contributed by atoms with Crippen LogP contribution in [0.15, 0.2) is 54.6 Å². The highest BCUT2D eigenvalue weighted by atomic mass is 16.3. The number of nitrogens with zero attached hydrogens (tertiary/aromatic N) is 4. The second-order valence-electron chi connectivity index (χ2n) is 7.05. The van der Waals surface area contributed by atoms with E-state index in [4.69, 9.17) is 9.97 Å². The van der Waals surface area contributed by atoms with E-state index >= 15 is 0 Å². The third-order valence-corrected chi connectivity index (χ3v) is 4.92. The molecule has 2 aromatic carbocycles. The fraction of sp³-hybridized carbons (Fsp3) is 0.227. The molecule has 4 rings (SSSR count). The maximum atomic E-state index is 12.9. The molecule has 28 heavy (non-hydrogen) atoms. The summed E-state index contributed by atoms with van der Waals surface area (Å²) in [5.41, 5.74) is 3.19. The van der Waals surface area contributed by atoms with Gasteiger partial charge in [0.2, 0.25) is 0 Å². The Morgan fingerprint density at radius 2 is 1.75 bits per heavy atom. The molecule has 1 aromatic heterocycles. The van der Waals surface area contributed by atoms with Gasteiger partial charge < -0.3 is 14.9 Å². The van der Waals surface area contributed by atoms with Crippen LogP contribution in [-0.4, -0.2) is 46.5 Å². The minimum absolute atomic E-state index is 0.0000559. The van der Waals surface area contributed by atoms with Gasteiger partial charge in [-0.2, -0.15) is 0 Å². The first-order valence-electron chi connectivity index (χ1n) is 9.24. The van der Waals surface area contributed by atoms with E-state index in [2.05, 4.69) is 0 Å². The van der Waals surface area contributed by atoms with Gasteiger partial charge in [-0.3, -0.25) is 4.79 Å². The topological polar surface area (TPSA) is 69.6 Å². The largest absolute Gasteiger partial charge is 0.507 e. The van der Waals surface area contributed by atoms with Crippen LogP contribution < -0.4 is 4.90 Å². The highest BCUT2D eigenvalue weighted by Crippen LogP contribution is 2.30. The van der Waals surface area contributed by atoms with Gasteiger partial charge in [-0.1, -0.05) is 42.5 Å². The van der Waals surface area contributed by atoms with Crippen molar-refractivity contribution in [3.63, 3.8) is 0 Å². The predicted molar refractivity (Wildman–Crippen MR) is 108 cm³/mol. The molecule has 0 saturated carbocycles. The van der Waals surface area contributed by atoms with Crippen molar-refractivity contribution in [1.82, 2.24) is 14.9 Å². The minimum Gasteiger partial charge on any atom is -0.507 e. The van der Waals surface area contributed by atoms with Crippen LogP contribution in [0.4, 0.5) is 5.82 Å². The maximum absolute atomic E-state index is 12.9. The Hall–Kier alpha value is -3.41. The number of rotatable bonds is 3. The molecule has 0 unspecified atom stereocenters. The smallest absolute Gasteiger partial charge is 0.257 e. The second kappa shape index (κ2) is 7.31. The molecule has 0 spiro atoms. The molecule has 3 aromatic rings. The van der Waals surface area contributed by atoms with Gasteiger partial charge in [-0.05, 0) is 18.6 Å². The zero-order valence-corrected chi connectivity index (χ0v) is 16.0. The summed E-state index contributed by atoms with van der Waals surface area (Å²) in [6, 6.07) is 16.5. The molecule has 1 N–H and O–H groups in total. The van der Waals surface area contributed by atoms with E-state index in [9.17, 15) is 9.90 Å². The van der Waals surface area contributed by atoms with Gasteiger partial charge in [-0.15, -0.1) is 0 Å². The normalized spacial score (nSPS) is 13.1. The minimum atomic E-state index is -0.185. The number of phenolic OH excluding ortho intramolecular Hbond substituents is 1. The van der Waals surface area contributed by atoms with Crippen LogP contribution in [0.1, 0.15) is 21.6 Å². The number of hydrogen-bond donors (Lipinski definition) is 1. The van der Waals surface area contributed by atoms with Gasteiger partial charge in [0.1, 0.15) is 11.6 Å². The fourth-order valence-corrected chi connectivity index (χ4v) is 3.50. The third kappa shape index (κ3) is 3.29. The summed E-state index contributed by atoms with van der Waals surface area (Å²) in [4.78, 5) is 26.2. The lowest BCUT2D eigenvalue weighted by molar-refractivity contribution is 0.0729. The highest BCUT2D eigenvalue weighted by Gasteiger charge is 2.27. The molecule has 142 valence electrons. The van der Waals surface area contributed by atoms with E-state index < -0.39 is 0 Å². The highest BCUT2D eigenvalue weighted by molar-refractivity contribution is 5.96. The van der Waals surface area contributed by atoms with Crippen molar-refractivity contribution in [3.05, 3.63) is 71.4 Å². The Balaban J connectivity index is 1.72. The van der Waals surface area contributed by atoms with Crippen LogP contribution in [0.3, 0.4) is 0 Å². The second-order valence-corrected chi connectivity index (χ2v) is 7.05. The van der Waals surface area contributed by atoms with E-state index in [1.165, 1.54) is 6.07 Å². The lowest BCUT2D eigenvalue weighted by Gasteiger charge is -2.31. The standard InChI is InChI=1S/C22H22N4O2/c1-25(2)21-16-12-13-26(22(28)17-10-6-7-11-19(17)27)14-18(16)23-20(24-21)15-8-4-3-5-9-15/h3-11,27H,12-14H2,1-2H3. The zero-order chi connectivity index (χ0) is 19.7. The van der Waals surface area contributed by atoms with Crippen LogP contribution in [0, 0.1) is 0 Å².